The molecular weight excluding hydrogens is 422 g/mol. The van der Waals surface area contributed by atoms with Crippen LogP contribution >= 0.6 is 24.0 Å². The number of piperidine rings is 1. The van der Waals surface area contributed by atoms with E-state index in [1.807, 2.05) is 4.90 Å². The molecule has 0 unspecified atom stereocenters. The zero-order valence-electron chi connectivity index (χ0n) is 12.7. The van der Waals surface area contributed by atoms with Crippen molar-refractivity contribution in [3.05, 3.63) is 29.8 Å². The second kappa shape index (κ2) is 9.19. The summed E-state index contributed by atoms with van der Waals surface area (Å²) >= 11 is 0. The quantitative estimate of drug-likeness (QED) is 0.336. The van der Waals surface area contributed by atoms with Crippen LogP contribution in [0.2, 0.25) is 0 Å². The maximum Gasteiger partial charge on any atom is 0.416 e. The van der Waals surface area contributed by atoms with E-state index >= 15 is 0 Å². The van der Waals surface area contributed by atoms with Crippen LogP contribution in [0, 0.1) is 0 Å². The van der Waals surface area contributed by atoms with Gasteiger partial charge in [-0.15, -0.1) is 24.0 Å². The molecule has 1 aromatic carbocycles. The molecule has 130 valence electrons. The van der Waals surface area contributed by atoms with Crippen LogP contribution in [0.15, 0.2) is 29.3 Å². The van der Waals surface area contributed by atoms with Gasteiger partial charge in [0.1, 0.15) is 12.4 Å². The Morgan fingerprint density at radius 1 is 1.22 bits per heavy atom. The van der Waals surface area contributed by atoms with Crippen molar-refractivity contribution in [3.63, 3.8) is 0 Å². The van der Waals surface area contributed by atoms with Crippen molar-refractivity contribution < 1.29 is 17.9 Å². The van der Waals surface area contributed by atoms with E-state index in [1.54, 1.807) is 0 Å². The number of ether oxygens (including phenoxy) is 1. The van der Waals surface area contributed by atoms with Crippen molar-refractivity contribution in [2.75, 3.05) is 26.2 Å². The fourth-order valence-electron chi connectivity index (χ4n) is 2.31. The van der Waals surface area contributed by atoms with Crippen LogP contribution in [-0.2, 0) is 6.18 Å². The summed E-state index contributed by atoms with van der Waals surface area (Å²) in [4.78, 5) is 6.23. The molecule has 1 aliphatic rings. The molecule has 8 heteroatoms. The normalized spacial score (nSPS) is 16.0. The minimum Gasteiger partial charge on any atom is -0.492 e. The first-order chi connectivity index (χ1) is 10.5. The average Bonchev–Trinajstić information content (AvgIpc) is 2.52. The molecule has 0 aliphatic carbocycles. The zero-order valence-corrected chi connectivity index (χ0v) is 15.0. The number of nitrogens with two attached hydrogens (primary N) is 1. The maximum atomic E-state index is 12.6. The largest absolute Gasteiger partial charge is 0.492 e. The molecule has 1 heterocycles. The molecule has 2 N–H and O–H groups in total. The SMILES string of the molecule is I.NC(=NCCOc1cccc(C(F)(F)F)c1)N1CCCCC1. The highest BCUT2D eigenvalue weighted by Crippen LogP contribution is 2.31. The van der Waals surface area contributed by atoms with Gasteiger partial charge in [0.2, 0.25) is 0 Å². The average molecular weight is 443 g/mol. The van der Waals surface area contributed by atoms with E-state index in [0.29, 0.717) is 12.5 Å². The van der Waals surface area contributed by atoms with Gasteiger partial charge in [0.25, 0.3) is 0 Å². The Hall–Kier alpha value is -1.19. The Morgan fingerprint density at radius 3 is 2.57 bits per heavy atom. The number of benzene rings is 1. The standard InChI is InChI=1S/C15H20F3N3O.HI/c16-15(17,18)12-5-4-6-13(11-12)22-10-7-20-14(19)21-8-2-1-3-9-21;/h4-6,11H,1-3,7-10H2,(H2,19,20);1H. The molecule has 0 aromatic heterocycles. The molecule has 0 spiro atoms. The highest BCUT2D eigenvalue weighted by Gasteiger charge is 2.30. The van der Waals surface area contributed by atoms with E-state index in [2.05, 4.69) is 4.99 Å². The Balaban J connectivity index is 0.00000264. The van der Waals surface area contributed by atoms with E-state index in [-0.39, 0.29) is 36.3 Å². The van der Waals surface area contributed by atoms with Gasteiger partial charge in [-0.05, 0) is 37.5 Å². The molecule has 1 fully saturated rings. The summed E-state index contributed by atoms with van der Waals surface area (Å²) < 4.78 is 43.0. The lowest BCUT2D eigenvalue weighted by Gasteiger charge is -2.27. The van der Waals surface area contributed by atoms with Crippen molar-refractivity contribution >= 4 is 29.9 Å². The smallest absolute Gasteiger partial charge is 0.416 e. The number of nitrogens with zero attached hydrogens (tertiary/aromatic N) is 2. The van der Waals surface area contributed by atoms with Crippen molar-refractivity contribution in [3.8, 4) is 5.75 Å². The number of likely N-dealkylation sites (tertiary alicyclic amines) is 1. The predicted molar refractivity (Wildman–Crippen MR) is 94.3 cm³/mol. The Morgan fingerprint density at radius 2 is 1.91 bits per heavy atom. The number of halogens is 4. The number of hydrogen-bond acceptors (Lipinski definition) is 2. The summed E-state index contributed by atoms with van der Waals surface area (Å²) in [6.45, 7) is 2.32. The maximum absolute atomic E-state index is 12.6. The monoisotopic (exact) mass is 443 g/mol. The Kier molecular flexibility index (Phi) is 7.93. The fraction of sp³-hybridized carbons (Fsp3) is 0.533. The highest BCUT2D eigenvalue weighted by atomic mass is 127. The van der Waals surface area contributed by atoms with Crippen molar-refractivity contribution in [1.29, 1.82) is 0 Å². The molecule has 23 heavy (non-hydrogen) atoms. The molecule has 0 amide bonds. The molecule has 4 nitrogen and oxygen atoms in total. The summed E-state index contributed by atoms with van der Waals surface area (Å²) in [5, 5.41) is 0. The molecule has 2 rings (SSSR count). The number of aliphatic imine (C=N–C) groups is 1. The van der Waals surface area contributed by atoms with Gasteiger partial charge >= 0.3 is 6.18 Å². The third kappa shape index (κ3) is 6.44. The molecule has 0 saturated carbocycles. The van der Waals surface area contributed by atoms with Crippen molar-refractivity contribution in [1.82, 2.24) is 4.90 Å². The molecule has 1 aliphatic heterocycles. The summed E-state index contributed by atoms with van der Waals surface area (Å²) in [5.41, 5.74) is 5.16. The second-order valence-electron chi connectivity index (χ2n) is 5.16. The minimum atomic E-state index is -4.36. The van der Waals surface area contributed by atoms with E-state index in [9.17, 15) is 13.2 Å². The van der Waals surface area contributed by atoms with E-state index in [1.165, 1.54) is 18.6 Å². The number of guanidine groups is 1. The second-order valence-corrected chi connectivity index (χ2v) is 5.16. The van der Waals surface area contributed by atoms with Gasteiger partial charge in [0.15, 0.2) is 5.96 Å². The summed E-state index contributed by atoms with van der Waals surface area (Å²) in [6, 6.07) is 4.81. The van der Waals surface area contributed by atoms with Gasteiger partial charge in [-0.3, -0.25) is 0 Å². The molecule has 1 aromatic rings. The van der Waals surface area contributed by atoms with E-state index < -0.39 is 11.7 Å². The zero-order chi connectivity index (χ0) is 16.0. The first kappa shape index (κ1) is 19.9. The Bertz CT molecular complexity index is 517. The molecule has 1 saturated heterocycles. The third-order valence-corrected chi connectivity index (χ3v) is 3.48. The van der Waals surface area contributed by atoms with E-state index in [4.69, 9.17) is 10.5 Å². The number of rotatable bonds is 4. The summed E-state index contributed by atoms with van der Waals surface area (Å²) in [5.74, 6) is 0.661. The first-order valence-electron chi connectivity index (χ1n) is 7.32. The van der Waals surface area contributed by atoms with E-state index in [0.717, 1.165) is 38.1 Å². The number of hydrogen-bond donors (Lipinski definition) is 1. The summed E-state index contributed by atoms with van der Waals surface area (Å²) in [7, 11) is 0. The summed E-state index contributed by atoms with van der Waals surface area (Å²) in [6.07, 6.45) is -0.938. The van der Waals surface area contributed by atoms with Crippen molar-refractivity contribution in [2.45, 2.75) is 25.4 Å². The predicted octanol–water partition coefficient (Wildman–Crippen LogP) is 3.50. The van der Waals surface area contributed by atoms with Crippen LogP contribution in [0.25, 0.3) is 0 Å². The Labute approximate surface area is 150 Å². The van der Waals surface area contributed by atoms with Crippen LogP contribution in [0.4, 0.5) is 13.2 Å². The lowest BCUT2D eigenvalue weighted by molar-refractivity contribution is -0.137. The highest BCUT2D eigenvalue weighted by molar-refractivity contribution is 14.0. The lowest BCUT2D eigenvalue weighted by Crippen LogP contribution is -2.41. The minimum absolute atomic E-state index is 0. The molecule has 0 radical (unpaired) electrons. The number of alkyl halides is 3. The van der Waals surface area contributed by atoms with Gasteiger partial charge in [-0.1, -0.05) is 6.07 Å². The van der Waals surface area contributed by atoms with Gasteiger partial charge in [0.05, 0.1) is 12.1 Å². The fourth-order valence-corrected chi connectivity index (χ4v) is 2.31. The van der Waals surface area contributed by atoms with Crippen LogP contribution in [0.3, 0.4) is 0 Å². The van der Waals surface area contributed by atoms with Gasteiger partial charge in [0, 0.05) is 13.1 Å². The third-order valence-electron chi connectivity index (χ3n) is 3.48. The van der Waals surface area contributed by atoms with Gasteiger partial charge < -0.3 is 15.4 Å². The topological polar surface area (TPSA) is 50.9 Å². The molecular formula is C15H21F3IN3O. The lowest BCUT2D eigenvalue weighted by atomic mass is 10.1. The van der Waals surface area contributed by atoms with Crippen molar-refractivity contribution in [2.24, 2.45) is 10.7 Å². The van der Waals surface area contributed by atoms with Crippen LogP contribution in [-0.4, -0.2) is 37.1 Å². The molecule has 0 atom stereocenters. The van der Waals surface area contributed by atoms with Crippen LogP contribution in [0.5, 0.6) is 5.75 Å². The van der Waals surface area contributed by atoms with Crippen LogP contribution < -0.4 is 10.5 Å². The van der Waals surface area contributed by atoms with Gasteiger partial charge in [-0.2, -0.15) is 13.2 Å². The molecule has 0 bridgehead atoms. The van der Waals surface area contributed by atoms with Crippen LogP contribution in [0.1, 0.15) is 24.8 Å². The van der Waals surface area contributed by atoms with Gasteiger partial charge in [-0.25, -0.2) is 4.99 Å². The first-order valence-corrected chi connectivity index (χ1v) is 7.32.